The number of hydrogen-bond donors (Lipinski definition) is 3. The van der Waals surface area contributed by atoms with Crippen molar-refractivity contribution in [3.8, 4) is 0 Å². The van der Waals surface area contributed by atoms with Crippen LogP contribution in [-0.2, 0) is 9.59 Å². The van der Waals surface area contributed by atoms with Gasteiger partial charge in [0, 0.05) is 6.54 Å². The van der Waals surface area contributed by atoms with Gasteiger partial charge < -0.3 is 16.4 Å². The molecule has 0 saturated carbocycles. The minimum atomic E-state index is -0.501. The van der Waals surface area contributed by atoms with Crippen LogP contribution in [0.1, 0.15) is 33.1 Å². The van der Waals surface area contributed by atoms with Crippen LogP contribution in [0.2, 0.25) is 0 Å². The molecule has 0 rings (SSSR count). The van der Waals surface area contributed by atoms with Crippen LogP contribution in [0.25, 0.3) is 0 Å². The van der Waals surface area contributed by atoms with Crippen molar-refractivity contribution in [2.24, 2.45) is 5.73 Å². The minimum absolute atomic E-state index is 0.00645. The fourth-order valence-electron chi connectivity index (χ4n) is 1.11. The molecule has 0 heterocycles. The van der Waals surface area contributed by atoms with E-state index in [1.807, 2.05) is 13.8 Å². The molecule has 0 aliphatic heterocycles. The van der Waals surface area contributed by atoms with Crippen LogP contribution in [0.3, 0.4) is 0 Å². The molecule has 15 heavy (non-hydrogen) atoms. The molecule has 0 aromatic heterocycles. The maximum Gasteiger partial charge on any atom is 0.239 e. The Hall–Kier alpha value is -1.10. The van der Waals surface area contributed by atoms with Crippen LogP contribution in [0.4, 0.5) is 0 Å². The van der Waals surface area contributed by atoms with Crippen LogP contribution in [0.15, 0.2) is 0 Å². The molecule has 0 aliphatic carbocycles. The van der Waals surface area contributed by atoms with E-state index in [1.165, 1.54) is 0 Å². The van der Waals surface area contributed by atoms with Crippen molar-refractivity contribution in [3.05, 3.63) is 0 Å². The van der Waals surface area contributed by atoms with Crippen LogP contribution >= 0.6 is 0 Å². The first kappa shape index (κ1) is 13.9. The molecule has 88 valence electrons. The van der Waals surface area contributed by atoms with Crippen molar-refractivity contribution >= 4 is 11.8 Å². The van der Waals surface area contributed by atoms with Gasteiger partial charge in [-0.3, -0.25) is 9.59 Å². The molecule has 0 bridgehead atoms. The molecule has 5 heteroatoms. The third kappa shape index (κ3) is 6.90. The molecule has 5 nitrogen and oxygen atoms in total. The lowest BCUT2D eigenvalue weighted by molar-refractivity contribution is -0.126. The van der Waals surface area contributed by atoms with Crippen LogP contribution in [0, 0.1) is 0 Å². The van der Waals surface area contributed by atoms with Gasteiger partial charge in [0.1, 0.15) is 0 Å². The summed E-state index contributed by atoms with van der Waals surface area (Å²) >= 11 is 0. The minimum Gasteiger partial charge on any atom is -0.355 e. The summed E-state index contributed by atoms with van der Waals surface area (Å²) in [6, 6.07) is -0.501. The molecular formula is C10H21N3O2. The number of rotatable bonds is 7. The molecule has 0 fully saturated rings. The molecular weight excluding hydrogens is 194 g/mol. The highest BCUT2D eigenvalue weighted by Gasteiger charge is 2.12. The van der Waals surface area contributed by atoms with Gasteiger partial charge in [0.15, 0.2) is 0 Å². The van der Waals surface area contributed by atoms with Gasteiger partial charge in [0.2, 0.25) is 11.8 Å². The second-order valence-corrected chi connectivity index (χ2v) is 3.42. The number of unbranched alkanes of at least 4 members (excludes halogenated alkanes) is 1. The van der Waals surface area contributed by atoms with E-state index in [1.54, 1.807) is 0 Å². The third-order valence-electron chi connectivity index (χ3n) is 2.00. The van der Waals surface area contributed by atoms with E-state index in [9.17, 15) is 9.59 Å². The summed E-state index contributed by atoms with van der Waals surface area (Å²) in [5.41, 5.74) is 5.62. The fraction of sp³-hybridized carbons (Fsp3) is 0.800. The molecule has 0 aromatic carbocycles. The zero-order valence-electron chi connectivity index (χ0n) is 9.51. The number of hydrogen-bond acceptors (Lipinski definition) is 3. The van der Waals surface area contributed by atoms with E-state index in [2.05, 4.69) is 10.6 Å². The van der Waals surface area contributed by atoms with Crippen molar-refractivity contribution in [2.75, 3.05) is 13.1 Å². The standard InChI is InChI=1S/C10H21N3O2/c1-3-5-6-8(11)10(15)13-7-9(14)12-4-2/h8H,3-7,11H2,1-2H3,(H,12,14)(H,13,15)/t8-/m0/s1. The zero-order valence-corrected chi connectivity index (χ0v) is 9.51. The summed E-state index contributed by atoms with van der Waals surface area (Å²) in [6.45, 7) is 4.44. The Bertz CT molecular complexity index is 207. The summed E-state index contributed by atoms with van der Waals surface area (Å²) in [4.78, 5) is 22.4. The molecule has 0 aliphatic rings. The van der Waals surface area contributed by atoms with Gasteiger partial charge in [-0.25, -0.2) is 0 Å². The maximum absolute atomic E-state index is 11.3. The van der Waals surface area contributed by atoms with E-state index >= 15 is 0 Å². The molecule has 0 radical (unpaired) electrons. The molecule has 2 amide bonds. The first-order valence-electron chi connectivity index (χ1n) is 5.41. The van der Waals surface area contributed by atoms with Gasteiger partial charge in [-0.15, -0.1) is 0 Å². The van der Waals surface area contributed by atoms with Crippen molar-refractivity contribution in [3.63, 3.8) is 0 Å². The highest BCUT2D eigenvalue weighted by molar-refractivity contribution is 5.87. The number of carbonyl (C=O) groups excluding carboxylic acids is 2. The Morgan fingerprint density at radius 3 is 2.47 bits per heavy atom. The van der Waals surface area contributed by atoms with Crippen molar-refractivity contribution < 1.29 is 9.59 Å². The van der Waals surface area contributed by atoms with E-state index < -0.39 is 6.04 Å². The predicted octanol–water partition coefficient (Wildman–Crippen LogP) is -0.244. The highest BCUT2D eigenvalue weighted by atomic mass is 16.2. The lowest BCUT2D eigenvalue weighted by Gasteiger charge is -2.11. The quantitative estimate of drug-likeness (QED) is 0.548. The first-order chi connectivity index (χ1) is 7.11. The SMILES string of the molecule is CCCC[C@H](N)C(=O)NCC(=O)NCC. The van der Waals surface area contributed by atoms with Crippen LogP contribution < -0.4 is 16.4 Å². The Labute approximate surface area is 90.8 Å². The number of carbonyl (C=O) groups is 2. The van der Waals surface area contributed by atoms with Gasteiger partial charge in [-0.1, -0.05) is 19.8 Å². The molecule has 0 spiro atoms. The molecule has 4 N–H and O–H groups in total. The predicted molar refractivity (Wildman–Crippen MR) is 59.2 cm³/mol. The van der Waals surface area contributed by atoms with Crippen molar-refractivity contribution in [2.45, 2.75) is 39.2 Å². The lowest BCUT2D eigenvalue weighted by Crippen LogP contribution is -2.44. The van der Waals surface area contributed by atoms with Crippen molar-refractivity contribution in [1.29, 1.82) is 0 Å². The Morgan fingerprint density at radius 1 is 1.27 bits per heavy atom. The second-order valence-electron chi connectivity index (χ2n) is 3.42. The van der Waals surface area contributed by atoms with E-state index in [-0.39, 0.29) is 18.4 Å². The van der Waals surface area contributed by atoms with E-state index in [0.717, 1.165) is 12.8 Å². The van der Waals surface area contributed by atoms with Gasteiger partial charge >= 0.3 is 0 Å². The van der Waals surface area contributed by atoms with E-state index in [0.29, 0.717) is 13.0 Å². The molecule has 0 saturated heterocycles. The summed E-state index contributed by atoms with van der Waals surface area (Å²) in [7, 11) is 0. The third-order valence-corrected chi connectivity index (χ3v) is 2.00. The summed E-state index contributed by atoms with van der Waals surface area (Å²) < 4.78 is 0. The smallest absolute Gasteiger partial charge is 0.239 e. The number of amides is 2. The average Bonchev–Trinajstić information content (AvgIpc) is 2.22. The number of nitrogens with one attached hydrogen (secondary N) is 2. The van der Waals surface area contributed by atoms with Gasteiger partial charge in [0.05, 0.1) is 12.6 Å². The summed E-state index contributed by atoms with van der Waals surface area (Å²) in [5.74, 6) is -0.441. The summed E-state index contributed by atoms with van der Waals surface area (Å²) in [5, 5.41) is 5.09. The first-order valence-corrected chi connectivity index (χ1v) is 5.41. The monoisotopic (exact) mass is 215 g/mol. The fourth-order valence-corrected chi connectivity index (χ4v) is 1.11. The maximum atomic E-state index is 11.3. The Morgan fingerprint density at radius 2 is 1.93 bits per heavy atom. The summed E-state index contributed by atoms with van der Waals surface area (Å²) in [6.07, 6.45) is 2.60. The number of nitrogens with two attached hydrogens (primary N) is 1. The van der Waals surface area contributed by atoms with Gasteiger partial charge in [-0.05, 0) is 13.3 Å². The second kappa shape index (κ2) is 8.23. The molecule has 0 aromatic rings. The van der Waals surface area contributed by atoms with Crippen molar-refractivity contribution in [1.82, 2.24) is 10.6 Å². The normalized spacial score (nSPS) is 11.9. The Balaban J connectivity index is 3.68. The average molecular weight is 215 g/mol. The van der Waals surface area contributed by atoms with E-state index in [4.69, 9.17) is 5.73 Å². The molecule has 0 unspecified atom stereocenters. The largest absolute Gasteiger partial charge is 0.355 e. The molecule has 1 atom stereocenters. The highest BCUT2D eigenvalue weighted by Crippen LogP contribution is 1.97. The Kier molecular flexibility index (Phi) is 7.62. The number of likely N-dealkylation sites (N-methyl/N-ethyl adjacent to an activating group) is 1. The van der Waals surface area contributed by atoms with Crippen LogP contribution in [0.5, 0.6) is 0 Å². The topological polar surface area (TPSA) is 84.2 Å². The lowest BCUT2D eigenvalue weighted by atomic mass is 10.1. The van der Waals surface area contributed by atoms with Gasteiger partial charge in [-0.2, -0.15) is 0 Å². The van der Waals surface area contributed by atoms with Crippen LogP contribution in [-0.4, -0.2) is 30.9 Å². The van der Waals surface area contributed by atoms with Gasteiger partial charge in [0.25, 0.3) is 0 Å². The zero-order chi connectivity index (χ0) is 11.7.